The van der Waals surface area contributed by atoms with Crippen molar-refractivity contribution in [2.75, 3.05) is 5.32 Å². The molecule has 8 heteroatoms. The van der Waals surface area contributed by atoms with Crippen molar-refractivity contribution in [3.63, 3.8) is 0 Å². The Balaban J connectivity index is 2.33. The van der Waals surface area contributed by atoms with Crippen LogP contribution in [0.1, 0.15) is 10.4 Å². The molecular weight excluding hydrogens is 383 g/mol. The Labute approximate surface area is 138 Å². The van der Waals surface area contributed by atoms with Crippen LogP contribution in [0, 0.1) is 10.1 Å². The normalized spacial score (nSPS) is 10.2. The van der Waals surface area contributed by atoms with Gasteiger partial charge in [0.2, 0.25) is 0 Å². The number of anilines is 1. The van der Waals surface area contributed by atoms with Crippen molar-refractivity contribution in [2.24, 2.45) is 0 Å². The van der Waals surface area contributed by atoms with Gasteiger partial charge in [0.15, 0.2) is 0 Å². The number of hydrogen-bond acceptors (Lipinski definition) is 3. The van der Waals surface area contributed by atoms with Crippen molar-refractivity contribution in [1.82, 2.24) is 0 Å². The molecule has 0 aromatic heterocycles. The van der Waals surface area contributed by atoms with E-state index < -0.39 is 10.8 Å². The first-order valence-electron chi connectivity index (χ1n) is 5.59. The second-order valence-electron chi connectivity index (χ2n) is 3.98. The predicted molar refractivity (Wildman–Crippen MR) is 85.2 cm³/mol. The summed E-state index contributed by atoms with van der Waals surface area (Å²) in [7, 11) is 0. The molecule has 0 aliphatic carbocycles. The quantitative estimate of drug-likeness (QED) is 0.598. The molecule has 0 radical (unpaired) electrons. The predicted octanol–water partition coefficient (Wildman–Crippen LogP) is 4.92. The van der Waals surface area contributed by atoms with Crippen LogP contribution in [0.4, 0.5) is 11.4 Å². The first-order valence-corrected chi connectivity index (χ1v) is 7.14. The third-order valence-corrected chi connectivity index (χ3v) is 4.23. The number of benzene rings is 2. The highest BCUT2D eigenvalue weighted by Crippen LogP contribution is 2.29. The van der Waals surface area contributed by atoms with Gasteiger partial charge in [-0.05, 0) is 34.1 Å². The van der Waals surface area contributed by atoms with E-state index in [2.05, 4.69) is 21.2 Å². The minimum absolute atomic E-state index is 0.145. The molecule has 0 heterocycles. The van der Waals surface area contributed by atoms with Crippen LogP contribution in [0.2, 0.25) is 10.0 Å². The fourth-order valence-electron chi connectivity index (χ4n) is 1.59. The summed E-state index contributed by atoms with van der Waals surface area (Å²) in [5, 5.41) is 13.7. The highest BCUT2D eigenvalue weighted by Gasteiger charge is 2.16. The molecule has 0 bridgehead atoms. The molecule has 1 N–H and O–H groups in total. The number of nitrogens with one attached hydrogen (secondary N) is 1. The summed E-state index contributed by atoms with van der Waals surface area (Å²) >= 11 is 15.2. The third kappa shape index (κ3) is 3.53. The average molecular weight is 390 g/mol. The van der Waals surface area contributed by atoms with Crippen LogP contribution in [0.15, 0.2) is 40.9 Å². The molecule has 2 aromatic rings. The fourth-order valence-corrected chi connectivity index (χ4v) is 2.33. The second kappa shape index (κ2) is 6.43. The standard InChI is InChI=1S/C13H7BrCl2N2O3/c14-9-3-1-2-8(12(9)16)13(19)17-11-6-7(18(20)21)4-5-10(11)15/h1-6H,(H,17,19). The zero-order valence-electron chi connectivity index (χ0n) is 10.3. The van der Waals surface area contributed by atoms with Crippen LogP contribution in [-0.4, -0.2) is 10.8 Å². The van der Waals surface area contributed by atoms with E-state index in [9.17, 15) is 14.9 Å². The zero-order valence-corrected chi connectivity index (χ0v) is 13.4. The van der Waals surface area contributed by atoms with Gasteiger partial charge in [-0.1, -0.05) is 29.3 Å². The van der Waals surface area contributed by atoms with E-state index in [0.29, 0.717) is 4.47 Å². The highest BCUT2D eigenvalue weighted by atomic mass is 79.9. The molecule has 0 aliphatic rings. The summed E-state index contributed by atoms with van der Waals surface area (Å²) in [6.45, 7) is 0. The summed E-state index contributed by atoms with van der Waals surface area (Å²) < 4.78 is 0.571. The molecule has 0 unspecified atom stereocenters. The maximum absolute atomic E-state index is 12.2. The third-order valence-electron chi connectivity index (χ3n) is 2.61. The molecule has 108 valence electrons. The molecule has 2 rings (SSSR count). The Kier molecular flexibility index (Phi) is 4.82. The van der Waals surface area contributed by atoms with Crippen LogP contribution in [-0.2, 0) is 0 Å². The van der Waals surface area contributed by atoms with E-state index in [1.54, 1.807) is 12.1 Å². The van der Waals surface area contributed by atoms with Gasteiger partial charge in [0, 0.05) is 16.6 Å². The molecule has 1 amide bonds. The molecule has 0 fully saturated rings. The van der Waals surface area contributed by atoms with Crippen LogP contribution in [0.25, 0.3) is 0 Å². The van der Waals surface area contributed by atoms with Crippen LogP contribution >= 0.6 is 39.1 Å². The number of amides is 1. The van der Waals surface area contributed by atoms with Crippen molar-refractivity contribution in [2.45, 2.75) is 0 Å². The Morgan fingerprint density at radius 1 is 1.24 bits per heavy atom. The number of carbonyl (C=O) groups is 1. The number of non-ortho nitro benzene ring substituents is 1. The van der Waals surface area contributed by atoms with Crippen LogP contribution in [0.5, 0.6) is 0 Å². The Hall–Kier alpha value is -1.63. The summed E-state index contributed by atoms with van der Waals surface area (Å²) in [5.74, 6) is -0.510. The fraction of sp³-hybridized carbons (Fsp3) is 0. The second-order valence-corrected chi connectivity index (χ2v) is 5.62. The number of nitro groups is 1. The van der Waals surface area contributed by atoms with Crippen molar-refractivity contribution >= 4 is 56.4 Å². The topological polar surface area (TPSA) is 72.2 Å². The lowest BCUT2D eigenvalue weighted by Gasteiger charge is -2.09. The summed E-state index contributed by atoms with van der Waals surface area (Å²) in [6, 6.07) is 8.67. The summed E-state index contributed by atoms with van der Waals surface area (Å²) in [5.41, 5.74) is 0.204. The molecule has 2 aromatic carbocycles. The largest absolute Gasteiger partial charge is 0.320 e. The van der Waals surface area contributed by atoms with Gasteiger partial charge in [0.05, 0.1) is 26.2 Å². The lowest BCUT2D eigenvalue weighted by molar-refractivity contribution is -0.384. The van der Waals surface area contributed by atoms with Gasteiger partial charge in [-0.3, -0.25) is 14.9 Å². The molecule has 0 spiro atoms. The van der Waals surface area contributed by atoms with Gasteiger partial charge in [0.25, 0.3) is 11.6 Å². The number of nitro benzene ring substituents is 1. The number of carbonyl (C=O) groups excluding carboxylic acids is 1. The van der Waals surface area contributed by atoms with Gasteiger partial charge in [0.1, 0.15) is 0 Å². The van der Waals surface area contributed by atoms with Gasteiger partial charge < -0.3 is 5.32 Å². The smallest absolute Gasteiger partial charge is 0.271 e. The lowest BCUT2D eigenvalue weighted by Crippen LogP contribution is -2.13. The molecule has 0 atom stereocenters. The van der Waals surface area contributed by atoms with Gasteiger partial charge in [-0.2, -0.15) is 0 Å². The first-order chi connectivity index (χ1) is 9.90. The Morgan fingerprint density at radius 2 is 1.95 bits per heavy atom. The first kappa shape index (κ1) is 15.8. The molecule has 5 nitrogen and oxygen atoms in total. The zero-order chi connectivity index (χ0) is 15.6. The van der Waals surface area contributed by atoms with Crippen molar-refractivity contribution < 1.29 is 9.72 Å². The summed E-state index contributed by atoms with van der Waals surface area (Å²) in [6.07, 6.45) is 0. The van der Waals surface area contributed by atoms with Crippen LogP contribution < -0.4 is 5.32 Å². The van der Waals surface area contributed by atoms with Gasteiger partial charge in [-0.25, -0.2) is 0 Å². The average Bonchev–Trinajstić information content (AvgIpc) is 2.43. The molecular formula is C13H7BrCl2N2O3. The SMILES string of the molecule is O=C(Nc1cc([N+](=O)[O-])ccc1Cl)c1cccc(Br)c1Cl. The van der Waals surface area contributed by atoms with Crippen molar-refractivity contribution in [3.05, 3.63) is 66.6 Å². The Bertz CT molecular complexity index is 737. The van der Waals surface area contributed by atoms with Gasteiger partial charge in [-0.15, -0.1) is 0 Å². The van der Waals surface area contributed by atoms with E-state index in [0.717, 1.165) is 0 Å². The van der Waals surface area contributed by atoms with Crippen LogP contribution in [0.3, 0.4) is 0 Å². The van der Waals surface area contributed by atoms with E-state index in [1.165, 1.54) is 24.3 Å². The van der Waals surface area contributed by atoms with E-state index in [1.807, 2.05) is 0 Å². The molecule has 0 aliphatic heterocycles. The molecule has 0 saturated carbocycles. The minimum atomic E-state index is -0.571. The molecule has 0 saturated heterocycles. The summed E-state index contributed by atoms with van der Waals surface area (Å²) in [4.78, 5) is 22.3. The van der Waals surface area contributed by atoms with Gasteiger partial charge >= 0.3 is 0 Å². The van der Waals surface area contributed by atoms with Crippen molar-refractivity contribution in [1.29, 1.82) is 0 Å². The highest BCUT2D eigenvalue weighted by molar-refractivity contribution is 9.10. The lowest BCUT2D eigenvalue weighted by atomic mass is 10.2. The number of hydrogen-bond donors (Lipinski definition) is 1. The van der Waals surface area contributed by atoms with Crippen molar-refractivity contribution in [3.8, 4) is 0 Å². The maximum atomic E-state index is 12.2. The molecule has 21 heavy (non-hydrogen) atoms. The number of nitrogens with zero attached hydrogens (tertiary/aromatic N) is 1. The van der Waals surface area contributed by atoms with E-state index in [4.69, 9.17) is 23.2 Å². The number of halogens is 3. The minimum Gasteiger partial charge on any atom is -0.320 e. The Morgan fingerprint density at radius 3 is 2.62 bits per heavy atom. The monoisotopic (exact) mass is 388 g/mol. The van der Waals surface area contributed by atoms with E-state index in [-0.39, 0.29) is 27.0 Å². The number of rotatable bonds is 3. The van der Waals surface area contributed by atoms with E-state index >= 15 is 0 Å². The maximum Gasteiger partial charge on any atom is 0.271 e.